The Labute approximate surface area is 417 Å². The van der Waals surface area contributed by atoms with Gasteiger partial charge in [-0.3, -0.25) is 43.2 Å². The SMILES string of the molecule is CC(C)C[C@H](NC(=O)[C@H](Cc1cnc[nH]1)NC(=O)[C@H](CS)NC(=O)[C@@H](NC(=O)[C@H](C)NC(=O)[C@H](Cc1c[nH]c2ccccc12)NC(=O)[C@H](CCC(N)=O)NC(=O)[C@H](N)Cc1ccccc1)C(C)C)C(N)=O. The van der Waals surface area contributed by atoms with Crippen LogP contribution in [0.3, 0.4) is 0 Å². The van der Waals surface area contributed by atoms with Crippen molar-refractivity contribution in [3.63, 3.8) is 0 Å². The second kappa shape index (κ2) is 27.2. The van der Waals surface area contributed by atoms with Crippen molar-refractivity contribution in [3.8, 4) is 0 Å². The molecule has 8 atom stereocenters. The van der Waals surface area contributed by atoms with Gasteiger partial charge >= 0.3 is 0 Å². The Hall–Kier alpha value is -7.27. The van der Waals surface area contributed by atoms with E-state index in [1.807, 2.05) is 38.1 Å². The maximum absolute atomic E-state index is 14.2. The molecule has 2 heterocycles. The fourth-order valence-electron chi connectivity index (χ4n) is 7.53. The highest BCUT2D eigenvalue weighted by Gasteiger charge is 2.35. The Morgan fingerprint density at radius 2 is 1.20 bits per heavy atom. The number of primary amides is 2. The van der Waals surface area contributed by atoms with Crippen LogP contribution in [0.15, 0.2) is 73.3 Å². The Morgan fingerprint density at radius 1 is 0.620 bits per heavy atom. The molecule has 0 aliphatic rings. The van der Waals surface area contributed by atoms with E-state index >= 15 is 0 Å². The van der Waals surface area contributed by atoms with Gasteiger partial charge in [0.2, 0.25) is 53.2 Å². The molecule has 4 aromatic rings. The van der Waals surface area contributed by atoms with Crippen LogP contribution in [-0.4, -0.2) is 122 Å². The third-order valence-corrected chi connectivity index (χ3v) is 11.8. The van der Waals surface area contributed by atoms with Crippen molar-refractivity contribution in [3.05, 3.63) is 90.1 Å². The number of rotatable bonds is 28. The number of imidazole rings is 1. The average Bonchev–Trinajstić information content (AvgIpc) is 4.00. The van der Waals surface area contributed by atoms with Crippen LogP contribution in [0, 0.1) is 11.8 Å². The lowest BCUT2D eigenvalue weighted by Gasteiger charge is -2.28. The summed E-state index contributed by atoms with van der Waals surface area (Å²) < 4.78 is 0. The van der Waals surface area contributed by atoms with E-state index < -0.39 is 107 Å². The summed E-state index contributed by atoms with van der Waals surface area (Å²) in [5.41, 5.74) is 19.8. The quantitative estimate of drug-likeness (QED) is 0.0308. The molecule has 0 spiro atoms. The van der Waals surface area contributed by atoms with Crippen LogP contribution in [0.1, 0.15) is 70.7 Å². The number of nitrogens with two attached hydrogens (primary N) is 3. The normalized spacial score (nSPS) is 14.7. The largest absolute Gasteiger partial charge is 0.370 e. The van der Waals surface area contributed by atoms with Crippen LogP contribution in [-0.2, 0) is 62.4 Å². The topological polar surface area (TPSA) is 360 Å². The molecule has 71 heavy (non-hydrogen) atoms. The molecule has 0 fully saturated rings. The number of aromatic amines is 2. The number of carbonyl (C=O) groups excluding carboxylic acids is 9. The van der Waals surface area contributed by atoms with E-state index in [1.54, 1.807) is 50.4 Å². The summed E-state index contributed by atoms with van der Waals surface area (Å²) in [5.74, 6) is -7.64. The van der Waals surface area contributed by atoms with E-state index in [9.17, 15) is 43.2 Å². The Bertz CT molecular complexity index is 2470. The highest BCUT2D eigenvalue weighted by molar-refractivity contribution is 7.80. The maximum Gasteiger partial charge on any atom is 0.244 e. The first-order valence-electron chi connectivity index (χ1n) is 23.3. The number of nitrogens with zero attached hydrogens (tertiary/aromatic N) is 1. The van der Waals surface area contributed by atoms with Crippen LogP contribution in [0.5, 0.6) is 0 Å². The minimum Gasteiger partial charge on any atom is -0.370 e. The van der Waals surface area contributed by atoms with Crippen LogP contribution >= 0.6 is 12.6 Å². The number of nitrogens with one attached hydrogen (secondary N) is 9. The van der Waals surface area contributed by atoms with Crippen molar-refractivity contribution < 1.29 is 43.2 Å². The molecular formula is C48H67N13O9S. The molecule has 0 saturated heterocycles. The van der Waals surface area contributed by atoms with Gasteiger partial charge in [0.1, 0.15) is 42.3 Å². The summed E-state index contributed by atoms with van der Waals surface area (Å²) in [4.78, 5) is 130. The van der Waals surface area contributed by atoms with Crippen LogP contribution in [0.2, 0.25) is 0 Å². The minimum absolute atomic E-state index is 0.00408. The lowest BCUT2D eigenvalue weighted by molar-refractivity contribution is -0.136. The minimum atomic E-state index is -1.35. The summed E-state index contributed by atoms with van der Waals surface area (Å²) in [6.45, 7) is 8.37. The Balaban J connectivity index is 1.48. The number of hydrogen-bond acceptors (Lipinski definition) is 12. The van der Waals surface area contributed by atoms with Crippen molar-refractivity contribution in [2.75, 3.05) is 5.75 Å². The molecule has 15 N–H and O–H groups in total. The second-order valence-electron chi connectivity index (χ2n) is 18.1. The van der Waals surface area contributed by atoms with E-state index in [0.29, 0.717) is 11.3 Å². The van der Waals surface area contributed by atoms with Gasteiger partial charge in [0.25, 0.3) is 0 Å². The molecule has 0 radical (unpaired) electrons. The van der Waals surface area contributed by atoms with Crippen molar-refractivity contribution in [1.29, 1.82) is 0 Å². The number of fused-ring (bicyclic) bond motifs is 1. The van der Waals surface area contributed by atoms with Gasteiger partial charge in [0, 0.05) is 54.0 Å². The van der Waals surface area contributed by atoms with Gasteiger partial charge in [-0.2, -0.15) is 12.6 Å². The van der Waals surface area contributed by atoms with Crippen LogP contribution in [0.4, 0.5) is 0 Å². The third kappa shape index (κ3) is 17.6. The van der Waals surface area contributed by atoms with Crippen molar-refractivity contribution >= 4 is 76.7 Å². The van der Waals surface area contributed by atoms with Gasteiger partial charge in [0.05, 0.1) is 12.4 Å². The molecule has 9 amide bonds. The maximum atomic E-state index is 14.2. The number of carbonyl (C=O) groups is 9. The number of amides is 9. The predicted molar refractivity (Wildman–Crippen MR) is 267 cm³/mol. The van der Waals surface area contributed by atoms with Gasteiger partial charge in [0.15, 0.2) is 0 Å². The van der Waals surface area contributed by atoms with E-state index in [-0.39, 0.29) is 50.2 Å². The molecule has 0 aliphatic heterocycles. The molecule has 384 valence electrons. The monoisotopic (exact) mass is 1000 g/mol. The Kier molecular flexibility index (Phi) is 21.6. The summed E-state index contributed by atoms with van der Waals surface area (Å²) in [6.07, 6.45) is 4.29. The molecule has 0 unspecified atom stereocenters. The zero-order chi connectivity index (χ0) is 52.4. The number of H-pyrrole nitrogens is 2. The standard InChI is InChI=1S/C48H67N13O9S/c1-25(2)17-35(41(51)63)57-46(68)37(20-30-22-52-24-54-30)59-47(69)38(23-71)60-48(70)40(26(3)4)61-42(64)27(5)55-45(67)36(19-29-21-53-33-14-10-9-13-31(29)33)58-44(66)34(15-16-39(50)62)56-43(65)32(49)18-28-11-7-6-8-12-28/h6-14,21-22,24-27,32,34-38,40,53,71H,15-20,23,49H2,1-5H3,(H2,50,62)(H2,51,63)(H,52,54)(H,55,67)(H,56,65)(H,57,68)(H,58,66)(H,59,69)(H,60,70)(H,61,64)/t27-,32+,34-,35-,36-,37-,38-,40-/m0/s1. The average molecular weight is 1000 g/mol. The number of aromatic nitrogens is 3. The molecule has 22 nitrogen and oxygen atoms in total. The fourth-order valence-corrected chi connectivity index (χ4v) is 7.79. The summed E-state index contributed by atoms with van der Waals surface area (Å²) >= 11 is 4.28. The predicted octanol–water partition coefficient (Wildman–Crippen LogP) is -0.958. The number of para-hydroxylation sites is 1. The molecule has 0 aliphatic carbocycles. The van der Waals surface area contributed by atoms with E-state index in [0.717, 1.165) is 16.5 Å². The summed E-state index contributed by atoms with van der Waals surface area (Å²) in [5, 5.41) is 19.1. The number of hydrogen-bond donors (Lipinski definition) is 13. The van der Waals surface area contributed by atoms with Crippen molar-refractivity contribution in [2.45, 2.75) is 121 Å². The molecule has 0 saturated carbocycles. The summed E-state index contributed by atoms with van der Waals surface area (Å²) in [6, 6.07) is 6.38. The van der Waals surface area contributed by atoms with Crippen LogP contribution in [0.25, 0.3) is 10.9 Å². The zero-order valence-electron chi connectivity index (χ0n) is 40.5. The molecule has 2 aromatic carbocycles. The molecule has 23 heteroatoms. The third-order valence-electron chi connectivity index (χ3n) is 11.5. The first kappa shape index (κ1) is 56.3. The molecule has 0 bridgehead atoms. The number of benzene rings is 2. The molecule has 2 aromatic heterocycles. The van der Waals surface area contributed by atoms with Crippen LogP contribution < -0.4 is 54.4 Å². The van der Waals surface area contributed by atoms with Gasteiger partial charge in [-0.25, -0.2) is 4.98 Å². The van der Waals surface area contributed by atoms with Gasteiger partial charge < -0.3 is 64.4 Å². The van der Waals surface area contributed by atoms with E-state index in [4.69, 9.17) is 17.2 Å². The molecule has 4 rings (SSSR count). The van der Waals surface area contributed by atoms with Crippen molar-refractivity contribution in [2.24, 2.45) is 29.0 Å². The van der Waals surface area contributed by atoms with Gasteiger partial charge in [-0.05, 0) is 55.2 Å². The number of thiol groups is 1. The molecular weight excluding hydrogens is 935 g/mol. The lowest BCUT2D eigenvalue weighted by Crippen LogP contribution is -2.61. The van der Waals surface area contributed by atoms with Gasteiger partial charge in [-0.15, -0.1) is 0 Å². The van der Waals surface area contributed by atoms with Gasteiger partial charge in [-0.1, -0.05) is 76.2 Å². The highest BCUT2D eigenvalue weighted by Crippen LogP contribution is 2.20. The first-order chi connectivity index (χ1) is 33.7. The summed E-state index contributed by atoms with van der Waals surface area (Å²) in [7, 11) is 0. The zero-order valence-corrected chi connectivity index (χ0v) is 41.3. The second-order valence-corrected chi connectivity index (χ2v) is 18.5. The fraction of sp³-hybridized carbons (Fsp3) is 0.458. The van der Waals surface area contributed by atoms with E-state index in [2.05, 4.69) is 64.8 Å². The van der Waals surface area contributed by atoms with Crippen molar-refractivity contribution in [1.82, 2.24) is 52.2 Å². The highest BCUT2D eigenvalue weighted by atomic mass is 32.1. The van der Waals surface area contributed by atoms with E-state index in [1.165, 1.54) is 19.4 Å². The smallest absolute Gasteiger partial charge is 0.244 e. The first-order valence-corrected chi connectivity index (χ1v) is 23.9. The Morgan fingerprint density at radius 3 is 1.80 bits per heavy atom. The lowest BCUT2D eigenvalue weighted by atomic mass is 10.0.